The molecule has 1 N–H and O–H groups in total. The average Bonchev–Trinajstić information content (AvgIpc) is 3.13. The predicted molar refractivity (Wildman–Crippen MR) is 130 cm³/mol. The van der Waals surface area contributed by atoms with Crippen LogP contribution in [0.2, 0.25) is 0 Å². The van der Waals surface area contributed by atoms with Crippen LogP contribution in [0.1, 0.15) is 64.7 Å². The molecule has 6 aliphatic rings. The minimum Gasteiger partial charge on any atom is -0.352 e. The molecule has 7 rings (SSSR count). The van der Waals surface area contributed by atoms with Crippen molar-refractivity contribution in [1.82, 2.24) is 9.55 Å². The van der Waals surface area contributed by atoms with Crippen LogP contribution < -0.4 is 11.2 Å². The number of fused-ring (bicyclic) bond motifs is 2. The van der Waals surface area contributed by atoms with E-state index < -0.39 is 53.6 Å². The molecule has 2 bridgehead atoms. The number of H-pyrrole nitrogens is 1. The van der Waals surface area contributed by atoms with Crippen molar-refractivity contribution in [2.24, 2.45) is 28.8 Å². The zero-order chi connectivity index (χ0) is 26.8. The summed E-state index contributed by atoms with van der Waals surface area (Å²) in [5.41, 5.74) is 7.80. The number of azide groups is 1. The Kier molecular flexibility index (Phi) is 6.46. The third kappa shape index (κ3) is 4.03. The molecule has 11 atom stereocenters. The second kappa shape index (κ2) is 9.44. The molecule has 13 heteroatoms. The van der Waals surface area contributed by atoms with Gasteiger partial charge in [0.15, 0.2) is 18.2 Å². The number of rotatable bonds is 5. The van der Waals surface area contributed by atoms with E-state index in [1.807, 2.05) is 6.92 Å². The summed E-state index contributed by atoms with van der Waals surface area (Å²) >= 11 is 0. The molecule has 1 spiro atoms. The van der Waals surface area contributed by atoms with E-state index in [0.717, 1.165) is 25.7 Å². The molecule has 1 aromatic heterocycles. The van der Waals surface area contributed by atoms with Gasteiger partial charge in [-0.3, -0.25) is 14.3 Å². The van der Waals surface area contributed by atoms with Crippen molar-refractivity contribution in [1.29, 1.82) is 0 Å². The molecule has 6 heterocycles. The van der Waals surface area contributed by atoms with Crippen LogP contribution in [0.5, 0.6) is 0 Å². The summed E-state index contributed by atoms with van der Waals surface area (Å²) in [5.74, 6) is -0.0631. The van der Waals surface area contributed by atoms with Crippen molar-refractivity contribution >= 4 is 0 Å². The summed E-state index contributed by atoms with van der Waals surface area (Å²) in [6.07, 6.45) is 2.89. The van der Waals surface area contributed by atoms with Gasteiger partial charge < -0.3 is 18.9 Å². The maximum atomic E-state index is 12.4. The van der Waals surface area contributed by atoms with Crippen LogP contribution in [0.15, 0.2) is 20.9 Å². The van der Waals surface area contributed by atoms with E-state index in [0.29, 0.717) is 11.5 Å². The van der Waals surface area contributed by atoms with Gasteiger partial charge >= 0.3 is 5.69 Å². The van der Waals surface area contributed by atoms with Gasteiger partial charge in [0.1, 0.15) is 6.23 Å². The highest BCUT2D eigenvalue weighted by molar-refractivity contribution is 5.09. The van der Waals surface area contributed by atoms with E-state index in [1.165, 1.54) is 10.8 Å². The second-order valence-electron chi connectivity index (χ2n) is 11.7. The molecule has 0 aromatic carbocycles. The number of nitrogens with zero attached hydrogens (tertiary/aromatic N) is 4. The third-order valence-electron chi connectivity index (χ3n) is 9.38. The highest BCUT2D eigenvalue weighted by Crippen LogP contribution is 2.60. The maximum Gasteiger partial charge on any atom is 0.330 e. The largest absolute Gasteiger partial charge is 0.352 e. The van der Waals surface area contributed by atoms with Gasteiger partial charge in [0, 0.05) is 41.3 Å². The van der Waals surface area contributed by atoms with Crippen LogP contribution in [-0.4, -0.2) is 52.3 Å². The number of aromatic amines is 1. The summed E-state index contributed by atoms with van der Waals surface area (Å²) in [6.45, 7) is 7.95. The zero-order valence-electron chi connectivity index (χ0n) is 22.1. The molecular formula is C25H35N5O8. The Balaban J connectivity index is 1.21. The monoisotopic (exact) mass is 533 g/mol. The summed E-state index contributed by atoms with van der Waals surface area (Å²) in [6, 6.07) is -0.560. The lowest BCUT2D eigenvalue weighted by Gasteiger charge is -2.60. The normalized spacial score (nSPS) is 45.7. The van der Waals surface area contributed by atoms with Crippen LogP contribution in [-0.2, 0) is 28.7 Å². The predicted octanol–water partition coefficient (Wildman–Crippen LogP) is 3.04. The van der Waals surface area contributed by atoms with Crippen LogP contribution in [0, 0.1) is 30.6 Å². The van der Waals surface area contributed by atoms with Crippen LogP contribution in [0.25, 0.3) is 10.4 Å². The smallest absolute Gasteiger partial charge is 0.330 e. The van der Waals surface area contributed by atoms with E-state index in [1.54, 1.807) is 6.92 Å². The molecule has 1 aliphatic carbocycles. The van der Waals surface area contributed by atoms with Gasteiger partial charge in [-0.15, -0.1) is 0 Å². The third-order valence-corrected chi connectivity index (χ3v) is 9.38. The highest BCUT2D eigenvalue weighted by atomic mass is 17.3. The Hall–Kier alpha value is -2.25. The van der Waals surface area contributed by atoms with Gasteiger partial charge in [-0.05, 0) is 50.5 Å². The lowest BCUT2D eigenvalue weighted by molar-refractivity contribution is -0.577. The summed E-state index contributed by atoms with van der Waals surface area (Å²) in [7, 11) is 0. The van der Waals surface area contributed by atoms with Crippen molar-refractivity contribution in [3.05, 3.63) is 43.0 Å². The molecule has 6 fully saturated rings. The lowest BCUT2D eigenvalue weighted by atomic mass is 9.58. The van der Waals surface area contributed by atoms with Crippen molar-refractivity contribution in [3.8, 4) is 0 Å². The Labute approximate surface area is 219 Å². The van der Waals surface area contributed by atoms with Gasteiger partial charge in [-0.2, -0.15) is 0 Å². The molecular weight excluding hydrogens is 498 g/mol. The number of hydrogen-bond donors (Lipinski definition) is 1. The summed E-state index contributed by atoms with van der Waals surface area (Å²) < 4.78 is 26.6. The van der Waals surface area contributed by atoms with Gasteiger partial charge in [0.25, 0.3) is 5.56 Å². The van der Waals surface area contributed by atoms with Crippen molar-refractivity contribution < 1.29 is 28.7 Å². The Morgan fingerprint density at radius 3 is 2.82 bits per heavy atom. The summed E-state index contributed by atoms with van der Waals surface area (Å²) in [4.78, 5) is 41.5. The van der Waals surface area contributed by atoms with Gasteiger partial charge in [-0.1, -0.05) is 19.0 Å². The minimum absolute atomic E-state index is 0.0181. The Morgan fingerprint density at radius 2 is 2.03 bits per heavy atom. The number of aromatic nitrogens is 2. The fourth-order valence-corrected chi connectivity index (χ4v) is 7.28. The molecule has 38 heavy (non-hydrogen) atoms. The molecule has 0 amide bonds. The molecule has 13 nitrogen and oxygen atoms in total. The average molecular weight is 534 g/mol. The van der Waals surface area contributed by atoms with Crippen molar-refractivity contribution in [2.75, 3.05) is 6.61 Å². The fourth-order valence-electron chi connectivity index (χ4n) is 7.28. The quantitative estimate of drug-likeness (QED) is 0.262. The standard InChI is InChI=1S/C25H35N5O8/c1-12-5-6-16-14(3)21(35-22-25(16)15(12)7-8-24(4,36-22)37-38-25)33-11-18-17(28-29-26)9-19(34-18)30-10-13(2)20(31)27-23(30)32/h10,12,14-19,21-22H,5-9,11H2,1-4H3,(H,27,31,32)/t12-,14-,15+,16+,17?,18-,19-,21+,22?,24+,25-/m1/s1. The molecule has 5 aliphatic heterocycles. The van der Waals surface area contributed by atoms with E-state index in [-0.39, 0.29) is 30.8 Å². The van der Waals surface area contributed by atoms with Crippen molar-refractivity contribution in [3.63, 3.8) is 0 Å². The van der Waals surface area contributed by atoms with Crippen molar-refractivity contribution in [2.45, 2.75) is 102 Å². The van der Waals surface area contributed by atoms with E-state index >= 15 is 0 Å². The Bertz CT molecular complexity index is 1250. The minimum atomic E-state index is -0.876. The first kappa shape index (κ1) is 26.0. The Morgan fingerprint density at radius 1 is 1.21 bits per heavy atom. The first-order valence-electron chi connectivity index (χ1n) is 13.5. The molecule has 5 saturated heterocycles. The lowest BCUT2D eigenvalue weighted by Crippen LogP contribution is -2.70. The number of ether oxygens (including phenoxy) is 4. The first-order chi connectivity index (χ1) is 18.1. The first-order valence-corrected chi connectivity index (χ1v) is 13.5. The topological polar surface area (TPSA) is 159 Å². The van der Waals surface area contributed by atoms with E-state index in [4.69, 9.17) is 34.3 Å². The second-order valence-corrected chi connectivity index (χ2v) is 11.7. The highest BCUT2D eigenvalue weighted by Gasteiger charge is 2.69. The van der Waals surface area contributed by atoms with Crippen LogP contribution in [0.3, 0.4) is 0 Å². The number of hydrogen-bond acceptors (Lipinski definition) is 9. The number of aryl methyl sites for hydroxylation is 1. The van der Waals surface area contributed by atoms with Gasteiger partial charge in [0.05, 0.1) is 18.8 Å². The van der Waals surface area contributed by atoms with Crippen LogP contribution >= 0.6 is 0 Å². The van der Waals surface area contributed by atoms with E-state index in [9.17, 15) is 9.59 Å². The zero-order valence-corrected chi connectivity index (χ0v) is 22.1. The van der Waals surface area contributed by atoms with E-state index in [2.05, 4.69) is 28.9 Å². The summed E-state index contributed by atoms with van der Waals surface area (Å²) in [5, 5.41) is 3.90. The molecule has 2 unspecified atom stereocenters. The fraction of sp³-hybridized carbons (Fsp3) is 0.840. The van der Waals surface area contributed by atoms with Gasteiger partial charge in [0.2, 0.25) is 5.79 Å². The number of nitrogens with one attached hydrogen (secondary N) is 1. The molecule has 0 radical (unpaired) electrons. The molecule has 1 aromatic rings. The molecule has 208 valence electrons. The SMILES string of the molecule is Cc1cn([C@H]2CC(N=[N+]=[N-])[C@@H](CO[C@H]3OC4O[C@]5(C)CC[C@H]6[C@H](C)CC[C@@H]([C@H]3C)[C@@]46OO5)O2)c(=O)[nH]c1=O. The molecule has 1 saturated carbocycles. The maximum absolute atomic E-state index is 12.4. The van der Waals surface area contributed by atoms with Gasteiger partial charge in [-0.25, -0.2) is 14.6 Å². The van der Waals surface area contributed by atoms with Crippen LogP contribution in [0.4, 0.5) is 0 Å².